The summed E-state index contributed by atoms with van der Waals surface area (Å²) in [5.74, 6) is -0.667. The summed E-state index contributed by atoms with van der Waals surface area (Å²) in [5.41, 5.74) is 0.337. The molecule has 1 unspecified atom stereocenters. The summed E-state index contributed by atoms with van der Waals surface area (Å²) in [6, 6.07) is 3.02. The van der Waals surface area contributed by atoms with Crippen LogP contribution >= 0.6 is 27.5 Å². The van der Waals surface area contributed by atoms with Crippen molar-refractivity contribution in [2.24, 2.45) is 0 Å². The van der Waals surface area contributed by atoms with E-state index in [0.717, 1.165) is 0 Å². The molecule has 1 aromatic carbocycles. The molecule has 1 N–H and O–H groups in total. The van der Waals surface area contributed by atoms with Gasteiger partial charge in [0.25, 0.3) is 0 Å². The van der Waals surface area contributed by atoms with Crippen molar-refractivity contribution in [2.45, 2.75) is 6.10 Å². The van der Waals surface area contributed by atoms with Crippen molar-refractivity contribution in [3.8, 4) is 0 Å². The monoisotopic (exact) mass is 316 g/mol. The normalized spacial score (nSPS) is 12.5. The van der Waals surface area contributed by atoms with E-state index in [2.05, 4.69) is 25.9 Å². The minimum absolute atomic E-state index is 0.0644. The van der Waals surface area contributed by atoms with Crippen LogP contribution in [0.3, 0.4) is 0 Å². The van der Waals surface area contributed by atoms with Crippen molar-refractivity contribution in [3.63, 3.8) is 0 Å². The predicted molar refractivity (Wildman–Crippen MR) is 65.2 cm³/mol. The van der Waals surface area contributed by atoms with Crippen molar-refractivity contribution < 1.29 is 9.50 Å². The van der Waals surface area contributed by atoms with Gasteiger partial charge in [0.05, 0.1) is 16.9 Å². The molecule has 1 heterocycles. The van der Waals surface area contributed by atoms with E-state index in [1.165, 1.54) is 24.7 Å². The first-order valence-electron chi connectivity index (χ1n) is 4.68. The van der Waals surface area contributed by atoms with Gasteiger partial charge in [0.1, 0.15) is 11.9 Å². The molecule has 0 spiro atoms. The Morgan fingerprint density at radius 3 is 2.76 bits per heavy atom. The maximum atomic E-state index is 13.8. The van der Waals surface area contributed by atoms with Gasteiger partial charge in [0.15, 0.2) is 0 Å². The van der Waals surface area contributed by atoms with E-state index >= 15 is 0 Å². The molecule has 0 saturated heterocycles. The molecule has 1 atom stereocenters. The largest absolute Gasteiger partial charge is 0.382 e. The first-order valence-corrected chi connectivity index (χ1v) is 5.85. The SMILES string of the molecule is OC(c1cnccn1)c1ccc(Br)c(Cl)c1F. The lowest BCUT2D eigenvalue weighted by atomic mass is 10.1. The fourth-order valence-corrected chi connectivity index (χ4v) is 1.84. The molecule has 2 aromatic rings. The lowest BCUT2D eigenvalue weighted by molar-refractivity contribution is 0.209. The van der Waals surface area contributed by atoms with Crippen LogP contribution in [0.1, 0.15) is 17.4 Å². The fraction of sp³-hybridized carbons (Fsp3) is 0.0909. The standard InChI is InChI=1S/C11H7BrClFN2O/c12-7-2-1-6(10(14)9(7)13)11(17)8-5-15-3-4-16-8/h1-5,11,17H. The minimum atomic E-state index is -1.19. The molecular weight excluding hydrogens is 310 g/mol. The number of rotatable bonds is 2. The number of hydrogen-bond acceptors (Lipinski definition) is 3. The number of benzene rings is 1. The van der Waals surface area contributed by atoms with E-state index in [1.54, 1.807) is 6.07 Å². The molecule has 3 nitrogen and oxygen atoms in total. The summed E-state index contributed by atoms with van der Waals surface area (Å²) in [7, 11) is 0. The Kier molecular flexibility index (Phi) is 3.71. The van der Waals surface area contributed by atoms with Gasteiger partial charge in [0.2, 0.25) is 0 Å². The van der Waals surface area contributed by atoms with Gasteiger partial charge in [0, 0.05) is 22.4 Å². The molecule has 0 bridgehead atoms. The van der Waals surface area contributed by atoms with Gasteiger partial charge >= 0.3 is 0 Å². The van der Waals surface area contributed by atoms with Crippen molar-refractivity contribution in [1.82, 2.24) is 9.97 Å². The topological polar surface area (TPSA) is 46.0 Å². The zero-order chi connectivity index (χ0) is 12.4. The summed E-state index contributed by atoms with van der Waals surface area (Å²) in [6.45, 7) is 0. The second-order valence-electron chi connectivity index (χ2n) is 3.30. The van der Waals surface area contributed by atoms with Crippen LogP contribution in [0, 0.1) is 5.82 Å². The van der Waals surface area contributed by atoms with Gasteiger partial charge in [-0.05, 0) is 22.0 Å². The number of halogens is 3. The average molecular weight is 318 g/mol. The number of aromatic nitrogens is 2. The van der Waals surface area contributed by atoms with Crippen LogP contribution in [0.15, 0.2) is 35.2 Å². The van der Waals surface area contributed by atoms with Crippen LogP contribution in [0.2, 0.25) is 5.02 Å². The fourth-order valence-electron chi connectivity index (χ4n) is 1.36. The summed E-state index contributed by atoms with van der Waals surface area (Å²) < 4.78 is 14.3. The van der Waals surface area contributed by atoms with Gasteiger partial charge in [-0.2, -0.15) is 0 Å². The van der Waals surface area contributed by atoms with Crippen LogP contribution in [0.5, 0.6) is 0 Å². The van der Waals surface area contributed by atoms with E-state index in [0.29, 0.717) is 4.47 Å². The van der Waals surface area contributed by atoms with E-state index in [1.807, 2.05) is 0 Å². The van der Waals surface area contributed by atoms with Crippen LogP contribution in [0.25, 0.3) is 0 Å². The van der Waals surface area contributed by atoms with Gasteiger partial charge in [-0.1, -0.05) is 17.7 Å². The molecule has 1 aromatic heterocycles. The summed E-state index contributed by atoms with van der Waals surface area (Å²) >= 11 is 8.85. The van der Waals surface area contributed by atoms with Gasteiger partial charge in [-0.25, -0.2) is 4.39 Å². The van der Waals surface area contributed by atoms with Crippen LogP contribution in [-0.2, 0) is 0 Å². The summed E-state index contributed by atoms with van der Waals surface area (Å²) in [4.78, 5) is 7.73. The Morgan fingerprint density at radius 1 is 1.35 bits per heavy atom. The Hall–Kier alpha value is -1.04. The molecule has 0 radical (unpaired) electrons. The summed E-state index contributed by atoms with van der Waals surface area (Å²) in [6.07, 6.45) is 3.09. The Bertz CT molecular complexity index is 538. The number of hydrogen-bond donors (Lipinski definition) is 1. The van der Waals surface area contributed by atoms with E-state index in [4.69, 9.17) is 11.6 Å². The van der Waals surface area contributed by atoms with E-state index < -0.39 is 11.9 Å². The second-order valence-corrected chi connectivity index (χ2v) is 4.53. The molecule has 6 heteroatoms. The number of aliphatic hydroxyl groups excluding tert-OH is 1. The molecule has 0 aliphatic heterocycles. The molecule has 0 saturated carbocycles. The molecule has 17 heavy (non-hydrogen) atoms. The molecule has 0 amide bonds. The lowest BCUT2D eigenvalue weighted by Crippen LogP contribution is -2.05. The van der Waals surface area contributed by atoms with Crippen LogP contribution in [0.4, 0.5) is 4.39 Å². The van der Waals surface area contributed by atoms with Gasteiger partial charge in [-0.15, -0.1) is 0 Å². The molecule has 0 aliphatic carbocycles. The van der Waals surface area contributed by atoms with Crippen molar-refractivity contribution >= 4 is 27.5 Å². The Morgan fingerprint density at radius 2 is 2.12 bits per heavy atom. The highest BCUT2D eigenvalue weighted by atomic mass is 79.9. The second kappa shape index (κ2) is 5.08. The van der Waals surface area contributed by atoms with Crippen molar-refractivity contribution in [3.05, 3.63) is 57.3 Å². The predicted octanol–water partition coefficient (Wildman–Crippen LogP) is 3.11. The van der Waals surface area contributed by atoms with Crippen LogP contribution in [-0.4, -0.2) is 15.1 Å². The van der Waals surface area contributed by atoms with Gasteiger partial charge in [-0.3, -0.25) is 9.97 Å². The van der Waals surface area contributed by atoms with Gasteiger partial charge < -0.3 is 5.11 Å². The molecular formula is C11H7BrClFN2O. The quantitative estimate of drug-likeness (QED) is 0.866. The maximum absolute atomic E-state index is 13.8. The first kappa shape index (κ1) is 12.4. The smallest absolute Gasteiger partial charge is 0.149 e. The highest BCUT2D eigenvalue weighted by Crippen LogP contribution is 2.32. The number of nitrogens with zero attached hydrogens (tertiary/aromatic N) is 2. The third-order valence-corrected chi connectivity index (χ3v) is 3.48. The first-order chi connectivity index (χ1) is 8.11. The third kappa shape index (κ3) is 2.46. The third-order valence-electron chi connectivity index (χ3n) is 2.22. The number of aliphatic hydroxyl groups is 1. The van der Waals surface area contributed by atoms with E-state index in [-0.39, 0.29) is 16.3 Å². The summed E-state index contributed by atoms with van der Waals surface area (Å²) in [5, 5.41) is 9.91. The lowest BCUT2D eigenvalue weighted by Gasteiger charge is -2.12. The molecule has 0 fully saturated rings. The Labute approximate surface area is 110 Å². The van der Waals surface area contributed by atoms with Crippen molar-refractivity contribution in [1.29, 1.82) is 0 Å². The van der Waals surface area contributed by atoms with Crippen molar-refractivity contribution in [2.75, 3.05) is 0 Å². The highest BCUT2D eigenvalue weighted by molar-refractivity contribution is 9.10. The minimum Gasteiger partial charge on any atom is -0.382 e. The highest BCUT2D eigenvalue weighted by Gasteiger charge is 2.19. The van der Waals surface area contributed by atoms with Crippen LogP contribution < -0.4 is 0 Å². The van der Waals surface area contributed by atoms with E-state index in [9.17, 15) is 9.50 Å². The molecule has 2 rings (SSSR count). The zero-order valence-corrected chi connectivity index (χ0v) is 10.8. The Balaban J connectivity index is 2.45. The molecule has 88 valence electrons. The molecule has 0 aliphatic rings. The average Bonchev–Trinajstić information content (AvgIpc) is 2.36. The zero-order valence-electron chi connectivity index (χ0n) is 8.44. The maximum Gasteiger partial charge on any atom is 0.149 e.